The first-order chi connectivity index (χ1) is 14.9. The number of pyridine rings is 1. The maximum Gasteiger partial charge on any atom is 0.255 e. The van der Waals surface area contributed by atoms with Crippen LogP contribution in [0.1, 0.15) is 44.9 Å². The Hall–Kier alpha value is -2.93. The monoisotopic (exact) mass is 480 g/mol. The van der Waals surface area contributed by atoms with Crippen LogP contribution in [0.15, 0.2) is 59.3 Å². The van der Waals surface area contributed by atoms with Crippen LogP contribution in [0.2, 0.25) is 0 Å². The minimum Gasteiger partial charge on any atom is -0.349 e. The molecule has 31 heavy (non-hydrogen) atoms. The summed E-state index contributed by atoms with van der Waals surface area (Å²) < 4.78 is 3.13. The highest BCUT2D eigenvalue weighted by Gasteiger charge is 2.27. The lowest BCUT2D eigenvalue weighted by Crippen LogP contribution is -2.46. The van der Waals surface area contributed by atoms with Gasteiger partial charge in [-0.2, -0.15) is 0 Å². The number of carbonyl (C=O) groups excluding carboxylic acids is 2. The second kappa shape index (κ2) is 9.06. The Morgan fingerprint density at radius 1 is 1.10 bits per heavy atom. The zero-order valence-electron chi connectivity index (χ0n) is 17.6. The molecule has 6 nitrogen and oxygen atoms in total. The van der Waals surface area contributed by atoms with Crippen molar-refractivity contribution in [1.82, 2.24) is 19.8 Å². The van der Waals surface area contributed by atoms with E-state index >= 15 is 0 Å². The van der Waals surface area contributed by atoms with Crippen LogP contribution in [0, 0.1) is 13.8 Å². The van der Waals surface area contributed by atoms with Crippen LogP contribution in [-0.4, -0.2) is 45.4 Å². The molecule has 4 rings (SSSR count). The maximum absolute atomic E-state index is 13.2. The first-order valence-electron chi connectivity index (χ1n) is 10.4. The second-order valence-corrected chi connectivity index (χ2v) is 8.79. The van der Waals surface area contributed by atoms with Crippen LogP contribution in [0.3, 0.4) is 0 Å². The number of hydrogen-bond acceptors (Lipinski definition) is 3. The number of aromatic nitrogens is 2. The molecule has 0 spiro atoms. The van der Waals surface area contributed by atoms with E-state index < -0.39 is 0 Å². The van der Waals surface area contributed by atoms with Gasteiger partial charge in [-0.3, -0.25) is 14.6 Å². The molecule has 3 heterocycles. The van der Waals surface area contributed by atoms with E-state index in [1.165, 1.54) is 0 Å². The van der Waals surface area contributed by atoms with Crippen LogP contribution in [0.4, 0.5) is 0 Å². The Labute approximate surface area is 190 Å². The summed E-state index contributed by atoms with van der Waals surface area (Å²) in [6, 6.07) is 13.6. The molecule has 1 fully saturated rings. The van der Waals surface area contributed by atoms with E-state index in [0.29, 0.717) is 18.7 Å². The summed E-state index contributed by atoms with van der Waals surface area (Å²) in [5.74, 6) is -0.0654. The van der Waals surface area contributed by atoms with Crippen molar-refractivity contribution in [2.24, 2.45) is 0 Å². The molecule has 1 aliphatic rings. The molecule has 0 saturated carbocycles. The third-order valence-electron chi connectivity index (χ3n) is 5.79. The van der Waals surface area contributed by atoms with Crippen LogP contribution in [0.5, 0.6) is 0 Å². The predicted molar refractivity (Wildman–Crippen MR) is 124 cm³/mol. The van der Waals surface area contributed by atoms with Crippen molar-refractivity contribution in [3.63, 3.8) is 0 Å². The minimum atomic E-state index is -0.115. The molecule has 0 atom stereocenters. The van der Waals surface area contributed by atoms with Gasteiger partial charge in [0, 0.05) is 53.1 Å². The third-order valence-corrected chi connectivity index (χ3v) is 6.32. The Kier molecular flexibility index (Phi) is 6.23. The molecule has 0 radical (unpaired) electrons. The number of carbonyl (C=O) groups is 2. The molecule has 0 unspecified atom stereocenters. The SMILES string of the molecule is Cc1cc(C(=O)N2CCC(NC(=O)c3cccnc3)CC2)c(C)n1-c1ccc(Br)cc1. The largest absolute Gasteiger partial charge is 0.349 e. The fourth-order valence-corrected chi connectivity index (χ4v) is 4.39. The molecule has 0 aliphatic carbocycles. The molecular formula is C24H25BrN4O2. The number of hydrogen-bond donors (Lipinski definition) is 1. The predicted octanol–water partition coefficient (Wildman–Crippen LogP) is 4.29. The molecule has 1 saturated heterocycles. The minimum absolute atomic E-state index is 0.0495. The van der Waals surface area contributed by atoms with Gasteiger partial charge < -0.3 is 14.8 Å². The van der Waals surface area contributed by atoms with Gasteiger partial charge >= 0.3 is 0 Å². The number of nitrogens with zero attached hydrogens (tertiary/aromatic N) is 3. The summed E-state index contributed by atoms with van der Waals surface area (Å²) in [6.45, 7) is 5.26. The van der Waals surface area contributed by atoms with Crippen molar-refractivity contribution in [3.8, 4) is 5.69 Å². The van der Waals surface area contributed by atoms with Gasteiger partial charge in [0.05, 0.1) is 11.1 Å². The Balaban J connectivity index is 1.42. The van der Waals surface area contributed by atoms with Crippen LogP contribution < -0.4 is 5.32 Å². The molecule has 7 heteroatoms. The van der Waals surface area contributed by atoms with E-state index in [-0.39, 0.29) is 17.9 Å². The highest BCUT2D eigenvalue weighted by Crippen LogP contribution is 2.24. The average molecular weight is 481 g/mol. The zero-order chi connectivity index (χ0) is 22.0. The smallest absolute Gasteiger partial charge is 0.255 e. The second-order valence-electron chi connectivity index (χ2n) is 7.88. The van der Waals surface area contributed by atoms with E-state index in [9.17, 15) is 9.59 Å². The van der Waals surface area contributed by atoms with Crippen molar-refractivity contribution < 1.29 is 9.59 Å². The molecule has 160 valence electrons. The molecule has 1 aliphatic heterocycles. The molecule has 2 amide bonds. The molecule has 0 bridgehead atoms. The quantitative estimate of drug-likeness (QED) is 0.605. The topological polar surface area (TPSA) is 67.2 Å². The van der Waals surface area contributed by atoms with Gasteiger partial charge in [-0.1, -0.05) is 15.9 Å². The van der Waals surface area contributed by atoms with Crippen molar-refractivity contribution in [2.75, 3.05) is 13.1 Å². The molecule has 2 aromatic heterocycles. The lowest BCUT2D eigenvalue weighted by atomic mass is 10.0. The van der Waals surface area contributed by atoms with Gasteiger partial charge in [0.2, 0.25) is 0 Å². The summed E-state index contributed by atoms with van der Waals surface area (Å²) in [6.07, 6.45) is 4.69. The maximum atomic E-state index is 13.2. The van der Waals surface area contributed by atoms with Crippen molar-refractivity contribution in [1.29, 1.82) is 0 Å². The van der Waals surface area contributed by atoms with Crippen molar-refractivity contribution in [2.45, 2.75) is 32.7 Å². The fourth-order valence-electron chi connectivity index (χ4n) is 4.13. The number of aryl methyl sites for hydroxylation is 1. The van der Waals surface area contributed by atoms with Crippen molar-refractivity contribution >= 4 is 27.7 Å². The number of halogens is 1. The van der Waals surface area contributed by atoms with Crippen LogP contribution in [0.25, 0.3) is 5.69 Å². The molecule has 1 N–H and O–H groups in total. The number of rotatable bonds is 4. The highest BCUT2D eigenvalue weighted by molar-refractivity contribution is 9.10. The Bertz CT molecular complexity index is 1080. The molecular weight excluding hydrogens is 456 g/mol. The fraction of sp³-hybridized carbons (Fsp3) is 0.292. The zero-order valence-corrected chi connectivity index (χ0v) is 19.2. The van der Waals surface area contributed by atoms with E-state index in [1.54, 1.807) is 24.5 Å². The number of benzene rings is 1. The van der Waals surface area contributed by atoms with Crippen LogP contribution >= 0.6 is 15.9 Å². The lowest BCUT2D eigenvalue weighted by Gasteiger charge is -2.32. The van der Waals surface area contributed by atoms with E-state index in [4.69, 9.17) is 0 Å². The normalized spacial score (nSPS) is 14.5. The summed E-state index contributed by atoms with van der Waals surface area (Å²) in [5, 5.41) is 3.06. The van der Waals surface area contributed by atoms with Gasteiger partial charge in [0.25, 0.3) is 11.8 Å². The van der Waals surface area contributed by atoms with E-state index in [1.807, 2.05) is 49.1 Å². The first-order valence-corrected chi connectivity index (χ1v) is 11.2. The van der Waals surface area contributed by atoms with Crippen molar-refractivity contribution in [3.05, 3.63) is 81.8 Å². The number of piperidine rings is 1. The molecule has 3 aromatic rings. The van der Waals surface area contributed by atoms with E-state index in [0.717, 1.165) is 40.0 Å². The molecule has 1 aromatic carbocycles. The standard InChI is InChI=1S/C24H25BrN4O2/c1-16-14-22(17(2)29(16)21-7-5-19(25)6-8-21)24(31)28-12-9-20(10-13-28)27-23(30)18-4-3-11-26-15-18/h3-8,11,14-15,20H,9-10,12-13H2,1-2H3,(H,27,30). The van der Waals surface area contributed by atoms with Gasteiger partial charge in [-0.15, -0.1) is 0 Å². The summed E-state index contributed by atoms with van der Waals surface area (Å²) in [5.41, 5.74) is 4.30. The average Bonchev–Trinajstić information content (AvgIpc) is 3.09. The summed E-state index contributed by atoms with van der Waals surface area (Å²) >= 11 is 3.47. The Morgan fingerprint density at radius 2 is 1.81 bits per heavy atom. The lowest BCUT2D eigenvalue weighted by molar-refractivity contribution is 0.0697. The number of nitrogens with one attached hydrogen (secondary N) is 1. The third kappa shape index (κ3) is 4.56. The van der Waals surface area contributed by atoms with Gasteiger partial charge in [0.1, 0.15) is 0 Å². The van der Waals surface area contributed by atoms with Gasteiger partial charge in [0.15, 0.2) is 0 Å². The van der Waals surface area contributed by atoms with E-state index in [2.05, 4.69) is 30.8 Å². The van der Waals surface area contributed by atoms with Crippen LogP contribution in [-0.2, 0) is 0 Å². The summed E-state index contributed by atoms with van der Waals surface area (Å²) in [4.78, 5) is 31.5. The summed E-state index contributed by atoms with van der Waals surface area (Å²) in [7, 11) is 0. The Morgan fingerprint density at radius 3 is 2.45 bits per heavy atom. The number of likely N-dealkylation sites (tertiary alicyclic amines) is 1. The van der Waals surface area contributed by atoms with Gasteiger partial charge in [-0.25, -0.2) is 0 Å². The van der Waals surface area contributed by atoms with Gasteiger partial charge in [-0.05, 0) is 69.2 Å². The first kappa shape index (κ1) is 21.3. The highest BCUT2D eigenvalue weighted by atomic mass is 79.9. The number of amides is 2.